The van der Waals surface area contributed by atoms with Crippen LogP contribution in [0.15, 0.2) is 59.7 Å². The topological polar surface area (TPSA) is 50.7 Å². The van der Waals surface area contributed by atoms with Crippen LogP contribution in [0.1, 0.15) is 22.3 Å². The lowest BCUT2D eigenvalue weighted by Gasteiger charge is -2.05. The van der Waals surface area contributed by atoms with Crippen molar-refractivity contribution in [1.82, 2.24) is 5.43 Å². The minimum absolute atomic E-state index is 0.0966. The van der Waals surface area contributed by atoms with E-state index in [-0.39, 0.29) is 5.91 Å². The molecule has 0 saturated heterocycles. The minimum atomic E-state index is -0.0966. The summed E-state index contributed by atoms with van der Waals surface area (Å²) in [6, 6.07) is 18.6. The average Bonchev–Trinajstić information content (AvgIpc) is 3.15. The molecule has 1 amide bonds. The number of thioether (sulfide) groups is 1. The summed E-state index contributed by atoms with van der Waals surface area (Å²) in [6.45, 7) is 0. The second kappa shape index (κ2) is 8.48. The van der Waals surface area contributed by atoms with Gasteiger partial charge in [0.1, 0.15) is 5.75 Å². The number of hydrogen-bond donors (Lipinski definition) is 1. The van der Waals surface area contributed by atoms with Crippen molar-refractivity contribution in [2.75, 3.05) is 12.9 Å². The summed E-state index contributed by atoms with van der Waals surface area (Å²) in [4.78, 5) is 12.0. The Morgan fingerprint density at radius 2 is 1.89 bits per heavy atom. The van der Waals surface area contributed by atoms with E-state index in [4.69, 9.17) is 4.74 Å². The Hall–Kier alpha value is -2.79. The van der Waals surface area contributed by atoms with Gasteiger partial charge in [0.05, 0.1) is 19.1 Å². The summed E-state index contributed by atoms with van der Waals surface area (Å²) in [5.41, 5.74) is 7.64. The van der Waals surface area contributed by atoms with E-state index in [2.05, 4.69) is 40.9 Å². The molecule has 1 aliphatic carbocycles. The van der Waals surface area contributed by atoms with Gasteiger partial charge in [0.15, 0.2) is 0 Å². The van der Waals surface area contributed by atoms with Gasteiger partial charge in [-0.25, -0.2) is 5.43 Å². The standard InChI is InChI=1S/C23H22N2O2S/c1-27-20-11-5-16(6-12-20)14-28-15-22(26)25-24-13-19-10-9-18-8-7-17-3-2-4-21(19)23(17)18/h2-6,9-13H,7-8,14-15H2,1H3,(H,25,26)/b24-13-. The summed E-state index contributed by atoms with van der Waals surface area (Å²) in [5.74, 6) is 1.88. The van der Waals surface area contributed by atoms with Crippen LogP contribution < -0.4 is 10.2 Å². The Kier molecular flexibility index (Phi) is 5.63. The molecule has 1 aliphatic rings. The molecule has 3 aromatic rings. The first-order valence-electron chi connectivity index (χ1n) is 9.30. The smallest absolute Gasteiger partial charge is 0.250 e. The first kappa shape index (κ1) is 18.6. The predicted octanol–water partition coefficient (Wildman–Crippen LogP) is 4.33. The largest absolute Gasteiger partial charge is 0.497 e. The Morgan fingerprint density at radius 3 is 2.68 bits per heavy atom. The van der Waals surface area contributed by atoms with Gasteiger partial charge < -0.3 is 4.74 Å². The van der Waals surface area contributed by atoms with Crippen molar-refractivity contribution in [3.05, 3.63) is 76.9 Å². The number of nitrogens with one attached hydrogen (secondary N) is 1. The first-order chi connectivity index (χ1) is 13.7. The van der Waals surface area contributed by atoms with Gasteiger partial charge in [-0.15, -0.1) is 11.8 Å². The van der Waals surface area contributed by atoms with E-state index in [9.17, 15) is 4.79 Å². The van der Waals surface area contributed by atoms with Crippen LogP contribution in [0.5, 0.6) is 5.75 Å². The third kappa shape index (κ3) is 4.04. The maximum absolute atomic E-state index is 12.0. The van der Waals surface area contributed by atoms with E-state index < -0.39 is 0 Å². The molecule has 0 unspecified atom stereocenters. The Bertz CT molecular complexity index is 1020. The highest BCUT2D eigenvalue weighted by atomic mass is 32.2. The highest BCUT2D eigenvalue weighted by Gasteiger charge is 2.14. The molecule has 0 fully saturated rings. The van der Waals surface area contributed by atoms with E-state index in [1.54, 1.807) is 25.1 Å². The number of rotatable bonds is 7. The highest BCUT2D eigenvalue weighted by molar-refractivity contribution is 7.99. The molecule has 0 aromatic heterocycles. The first-order valence-corrected chi connectivity index (χ1v) is 10.5. The second-order valence-electron chi connectivity index (χ2n) is 6.79. The second-order valence-corrected chi connectivity index (χ2v) is 7.77. The molecule has 3 aromatic carbocycles. The maximum Gasteiger partial charge on any atom is 0.250 e. The quantitative estimate of drug-likeness (QED) is 0.483. The van der Waals surface area contributed by atoms with Crippen molar-refractivity contribution in [3.63, 3.8) is 0 Å². The molecule has 4 rings (SSSR count). The van der Waals surface area contributed by atoms with Crippen molar-refractivity contribution in [2.24, 2.45) is 5.10 Å². The molecule has 0 bridgehead atoms. The number of carbonyl (C=O) groups excluding carboxylic acids is 1. The summed E-state index contributed by atoms with van der Waals surface area (Å²) < 4.78 is 5.15. The number of methoxy groups -OCH3 is 1. The van der Waals surface area contributed by atoms with Gasteiger partial charge in [-0.3, -0.25) is 4.79 Å². The van der Waals surface area contributed by atoms with E-state index in [0.29, 0.717) is 5.75 Å². The van der Waals surface area contributed by atoms with Crippen LogP contribution in [0, 0.1) is 0 Å². The lowest BCUT2D eigenvalue weighted by Crippen LogP contribution is -2.19. The number of amides is 1. The zero-order valence-electron chi connectivity index (χ0n) is 15.8. The Labute approximate surface area is 169 Å². The molecule has 142 valence electrons. The van der Waals surface area contributed by atoms with Crippen molar-refractivity contribution in [1.29, 1.82) is 0 Å². The Balaban J connectivity index is 1.31. The molecule has 28 heavy (non-hydrogen) atoms. The van der Waals surface area contributed by atoms with E-state index in [1.165, 1.54) is 21.9 Å². The van der Waals surface area contributed by atoms with Crippen molar-refractivity contribution >= 4 is 34.7 Å². The molecule has 0 spiro atoms. The molecule has 0 heterocycles. The van der Waals surface area contributed by atoms with Gasteiger partial charge in [-0.05, 0) is 52.4 Å². The fourth-order valence-electron chi connectivity index (χ4n) is 3.57. The van der Waals surface area contributed by atoms with E-state index in [0.717, 1.165) is 35.5 Å². The third-order valence-electron chi connectivity index (χ3n) is 4.96. The van der Waals surface area contributed by atoms with Crippen molar-refractivity contribution in [2.45, 2.75) is 18.6 Å². The molecule has 0 radical (unpaired) electrons. The van der Waals surface area contributed by atoms with Crippen LogP contribution in [-0.2, 0) is 23.4 Å². The monoisotopic (exact) mass is 390 g/mol. The van der Waals surface area contributed by atoms with E-state index in [1.807, 2.05) is 24.3 Å². The predicted molar refractivity (Wildman–Crippen MR) is 116 cm³/mol. The average molecular weight is 391 g/mol. The lowest BCUT2D eigenvalue weighted by atomic mass is 10.0. The van der Waals surface area contributed by atoms with Crippen LogP contribution in [-0.4, -0.2) is 25.0 Å². The SMILES string of the molecule is COc1ccc(CSCC(=O)N/N=C\c2ccc3c4c(cccc24)CC3)cc1. The van der Waals surface area contributed by atoms with Gasteiger partial charge in [0.25, 0.3) is 0 Å². The van der Waals surface area contributed by atoms with Gasteiger partial charge in [0, 0.05) is 11.3 Å². The van der Waals surface area contributed by atoms with Gasteiger partial charge >= 0.3 is 0 Å². The summed E-state index contributed by atoms with van der Waals surface area (Å²) in [5, 5.41) is 6.73. The molecular weight excluding hydrogens is 368 g/mol. The molecular formula is C23H22N2O2S. The summed E-state index contributed by atoms with van der Waals surface area (Å²) >= 11 is 1.56. The third-order valence-corrected chi connectivity index (χ3v) is 5.97. The fourth-order valence-corrected chi connectivity index (χ4v) is 4.35. The number of hydrogen-bond acceptors (Lipinski definition) is 4. The van der Waals surface area contributed by atoms with Crippen LogP contribution in [0.25, 0.3) is 10.8 Å². The van der Waals surface area contributed by atoms with Crippen molar-refractivity contribution in [3.8, 4) is 5.75 Å². The number of hydrazone groups is 1. The minimum Gasteiger partial charge on any atom is -0.497 e. The molecule has 1 N–H and O–H groups in total. The summed E-state index contributed by atoms with van der Waals surface area (Å²) in [6.07, 6.45) is 3.96. The van der Waals surface area contributed by atoms with Crippen LogP contribution >= 0.6 is 11.8 Å². The number of ether oxygens (including phenoxy) is 1. The number of nitrogens with zero attached hydrogens (tertiary/aromatic N) is 1. The van der Waals surface area contributed by atoms with Crippen LogP contribution in [0.4, 0.5) is 0 Å². The Morgan fingerprint density at radius 1 is 1.11 bits per heavy atom. The van der Waals surface area contributed by atoms with Crippen LogP contribution in [0.2, 0.25) is 0 Å². The number of aryl methyl sites for hydroxylation is 2. The molecule has 5 heteroatoms. The molecule has 4 nitrogen and oxygen atoms in total. The van der Waals surface area contributed by atoms with Crippen LogP contribution in [0.3, 0.4) is 0 Å². The fraction of sp³-hybridized carbons (Fsp3) is 0.217. The number of benzene rings is 3. The van der Waals surface area contributed by atoms with Gasteiger partial charge in [-0.1, -0.05) is 42.5 Å². The molecule has 0 atom stereocenters. The summed E-state index contributed by atoms with van der Waals surface area (Å²) in [7, 11) is 1.65. The normalized spacial score (nSPS) is 12.6. The highest BCUT2D eigenvalue weighted by Crippen LogP contribution is 2.32. The maximum atomic E-state index is 12.0. The van der Waals surface area contributed by atoms with E-state index >= 15 is 0 Å². The van der Waals surface area contributed by atoms with Crippen molar-refractivity contribution < 1.29 is 9.53 Å². The molecule has 0 saturated carbocycles. The van der Waals surface area contributed by atoms with Gasteiger partial charge in [-0.2, -0.15) is 5.10 Å². The zero-order chi connectivity index (χ0) is 19.3. The lowest BCUT2D eigenvalue weighted by molar-refractivity contribution is -0.118. The van der Waals surface area contributed by atoms with Gasteiger partial charge in [0.2, 0.25) is 5.91 Å². The number of carbonyl (C=O) groups is 1. The molecule has 0 aliphatic heterocycles. The zero-order valence-corrected chi connectivity index (χ0v) is 16.6.